The van der Waals surface area contributed by atoms with Crippen molar-refractivity contribution >= 4 is 17.5 Å². The third-order valence-electron chi connectivity index (χ3n) is 5.98. The van der Waals surface area contributed by atoms with Crippen LogP contribution in [0.3, 0.4) is 0 Å². The zero-order valence-electron chi connectivity index (χ0n) is 14.4. The second-order valence-corrected chi connectivity index (χ2v) is 7.63. The Morgan fingerprint density at radius 1 is 1.26 bits per heavy atom. The fourth-order valence-electron chi connectivity index (χ4n) is 4.78. The number of rotatable bonds is 1. The van der Waals surface area contributed by atoms with Crippen LogP contribution in [-0.4, -0.2) is 34.2 Å². The Morgan fingerprint density at radius 3 is 2.48 bits per heavy atom. The van der Waals surface area contributed by atoms with Crippen LogP contribution >= 0.6 is 0 Å². The van der Waals surface area contributed by atoms with E-state index in [4.69, 9.17) is 10.00 Å². The molecule has 5 atom stereocenters. The third kappa shape index (κ3) is 2.14. The van der Waals surface area contributed by atoms with Crippen molar-refractivity contribution in [3.8, 4) is 6.07 Å². The number of amides is 2. The van der Waals surface area contributed by atoms with Crippen molar-refractivity contribution in [1.29, 1.82) is 5.26 Å². The minimum atomic E-state index is -4.81. The molecule has 3 saturated heterocycles. The zero-order valence-corrected chi connectivity index (χ0v) is 14.4. The van der Waals surface area contributed by atoms with Crippen LogP contribution in [0.25, 0.3) is 0 Å². The van der Waals surface area contributed by atoms with Crippen LogP contribution in [0.15, 0.2) is 18.2 Å². The van der Waals surface area contributed by atoms with Crippen LogP contribution in [-0.2, 0) is 20.5 Å². The number of carbonyl (C=O) groups is 2. The van der Waals surface area contributed by atoms with Gasteiger partial charge in [0.1, 0.15) is 5.60 Å². The second kappa shape index (κ2) is 5.09. The number of nitrogens with zero attached hydrogens (tertiary/aromatic N) is 2. The van der Waals surface area contributed by atoms with Crippen LogP contribution in [0.4, 0.5) is 18.9 Å². The average molecular weight is 380 g/mol. The second-order valence-electron chi connectivity index (χ2n) is 7.63. The first kappa shape index (κ1) is 17.9. The van der Waals surface area contributed by atoms with E-state index in [1.807, 2.05) is 0 Å². The number of benzene rings is 1. The van der Waals surface area contributed by atoms with Gasteiger partial charge in [0.15, 0.2) is 0 Å². The minimum Gasteiger partial charge on any atom is -0.390 e. The Kier molecular flexibility index (Phi) is 3.38. The number of halogens is 3. The standard InChI is InChI=1S/C18H15F3N2O4/c1-16-6-11(24)17(2,27-16)13-12(16)14(25)23(15(13)26)9-4-3-8(7-22)10(5-9)18(19,20)21/h3-5,11-13,24H,6H2,1-2H3/t11-,12-,13+,16?,17-/m1/s1. The number of hydrogen-bond donors (Lipinski definition) is 1. The lowest BCUT2D eigenvalue weighted by molar-refractivity contribution is -0.138. The zero-order chi connectivity index (χ0) is 19.9. The van der Waals surface area contributed by atoms with Gasteiger partial charge in [0.2, 0.25) is 11.8 Å². The summed E-state index contributed by atoms with van der Waals surface area (Å²) in [5.41, 5.74) is -4.37. The van der Waals surface area contributed by atoms with Crippen molar-refractivity contribution < 1.29 is 32.6 Å². The number of nitriles is 1. The number of anilines is 1. The summed E-state index contributed by atoms with van der Waals surface area (Å²) in [5, 5.41) is 19.2. The van der Waals surface area contributed by atoms with E-state index in [-0.39, 0.29) is 12.1 Å². The molecule has 0 aliphatic carbocycles. The van der Waals surface area contributed by atoms with Crippen LogP contribution in [0.2, 0.25) is 0 Å². The van der Waals surface area contributed by atoms with Crippen molar-refractivity contribution in [3.63, 3.8) is 0 Å². The maximum atomic E-state index is 13.2. The molecule has 6 nitrogen and oxygen atoms in total. The molecule has 4 rings (SSSR count). The summed E-state index contributed by atoms with van der Waals surface area (Å²) >= 11 is 0. The number of imide groups is 1. The molecule has 3 fully saturated rings. The molecular weight excluding hydrogens is 365 g/mol. The molecule has 0 saturated carbocycles. The van der Waals surface area contributed by atoms with E-state index in [1.54, 1.807) is 13.8 Å². The highest BCUT2D eigenvalue weighted by Gasteiger charge is 2.75. The molecule has 1 N–H and O–H groups in total. The lowest BCUT2D eigenvalue weighted by atomic mass is 9.67. The highest BCUT2D eigenvalue weighted by molar-refractivity contribution is 6.23. The summed E-state index contributed by atoms with van der Waals surface area (Å²) in [7, 11) is 0. The Morgan fingerprint density at radius 2 is 1.89 bits per heavy atom. The molecule has 3 aliphatic heterocycles. The summed E-state index contributed by atoms with van der Waals surface area (Å²) in [5.74, 6) is -3.19. The molecule has 142 valence electrons. The molecule has 0 aromatic heterocycles. The molecule has 2 amide bonds. The van der Waals surface area contributed by atoms with Gasteiger partial charge in [-0.05, 0) is 32.0 Å². The minimum absolute atomic E-state index is 0.165. The first-order chi connectivity index (χ1) is 12.4. The van der Waals surface area contributed by atoms with Gasteiger partial charge >= 0.3 is 6.18 Å². The summed E-state index contributed by atoms with van der Waals surface area (Å²) in [4.78, 5) is 26.6. The molecule has 1 aromatic rings. The van der Waals surface area contributed by atoms with Crippen molar-refractivity contribution in [1.82, 2.24) is 0 Å². The van der Waals surface area contributed by atoms with Gasteiger partial charge in [0.05, 0.1) is 46.4 Å². The van der Waals surface area contributed by atoms with Gasteiger partial charge in [0, 0.05) is 6.42 Å². The molecular formula is C18H15F3N2O4. The van der Waals surface area contributed by atoms with Crippen LogP contribution in [0.1, 0.15) is 31.4 Å². The molecule has 3 heterocycles. The van der Waals surface area contributed by atoms with E-state index in [9.17, 15) is 27.9 Å². The Bertz CT molecular complexity index is 924. The molecule has 2 bridgehead atoms. The van der Waals surface area contributed by atoms with Crippen LogP contribution in [0.5, 0.6) is 0 Å². The molecule has 1 aromatic carbocycles. The first-order valence-electron chi connectivity index (χ1n) is 8.31. The van der Waals surface area contributed by atoms with Crippen molar-refractivity contribution in [2.24, 2.45) is 11.8 Å². The smallest absolute Gasteiger partial charge is 0.390 e. The molecule has 0 radical (unpaired) electrons. The Labute approximate surface area is 152 Å². The number of fused-ring (bicyclic) bond motifs is 5. The quantitative estimate of drug-likeness (QED) is 0.753. The number of hydrogen-bond acceptors (Lipinski definition) is 5. The maximum absolute atomic E-state index is 13.2. The topological polar surface area (TPSA) is 90.6 Å². The number of carbonyl (C=O) groups excluding carboxylic acids is 2. The largest absolute Gasteiger partial charge is 0.417 e. The van der Waals surface area contributed by atoms with Gasteiger partial charge in [-0.15, -0.1) is 0 Å². The van der Waals surface area contributed by atoms with Gasteiger partial charge in [-0.3, -0.25) is 9.59 Å². The average Bonchev–Trinajstić information content (AvgIpc) is 3.07. The summed E-state index contributed by atoms with van der Waals surface area (Å²) < 4.78 is 45.6. The van der Waals surface area contributed by atoms with Gasteiger partial charge in [-0.2, -0.15) is 18.4 Å². The number of aliphatic hydroxyl groups excluding tert-OH is 1. The van der Waals surface area contributed by atoms with Crippen LogP contribution in [0, 0.1) is 23.2 Å². The lowest BCUT2D eigenvalue weighted by Crippen LogP contribution is -2.49. The molecule has 27 heavy (non-hydrogen) atoms. The molecule has 9 heteroatoms. The van der Waals surface area contributed by atoms with Crippen molar-refractivity contribution in [3.05, 3.63) is 29.3 Å². The summed E-state index contributed by atoms with van der Waals surface area (Å²) in [6.07, 6.45) is -5.59. The Balaban J connectivity index is 1.81. The number of alkyl halides is 3. The molecule has 0 spiro atoms. The van der Waals surface area contributed by atoms with E-state index in [1.165, 1.54) is 6.07 Å². The molecule has 3 aliphatic rings. The first-order valence-corrected chi connectivity index (χ1v) is 8.31. The Hall–Kier alpha value is -2.44. The van der Waals surface area contributed by atoms with Gasteiger partial charge < -0.3 is 9.84 Å². The lowest BCUT2D eigenvalue weighted by Gasteiger charge is -2.31. The predicted molar refractivity (Wildman–Crippen MR) is 84.2 cm³/mol. The SMILES string of the molecule is CC12C[C@@H](O)[C@@](C)(O1)[C@@H]1C(=O)N(c3ccc(C#N)c(C(F)(F)F)c3)C(=O)[C@@H]12. The van der Waals surface area contributed by atoms with Gasteiger partial charge in [-0.1, -0.05) is 0 Å². The normalized spacial score (nSPS) is 37.7. The van der Waals surface area contributed by atoms with Crippen LogP contribution < -0.4 is 4.90 Å². The van der Waals surface area contributed by atoms with E-state index >= 15 is 0 Å². The predicted octanol–water partition coefficient (Wildman–Crippen LogP) is 1.99. The highest BCUT2D eigenvalue weighted by atomic mass is 19.4. The van der Waals surface area contributed by atoms with Crippen molar-refractivity contribution in [2.75, 3.05) is 4.90 Å². The van der Waals surface area contributed by atoms with E-state index in [2.05, 4.69) is 0 Å². The van der Waals surface area contributed by atoms with Gasteiger partial charge in [-0.25, -0.2) is 4.90 Å². The maximum Gasteiger partial charge on any atom is 0.417 e. The van der Waals surface area contributed by atoms with E-state index in [0.717, 1.165) is 17.0 Å². The molecule has 1 unspecified atom stereocenters. The number of ether oxygens (including phenoxy) is 1. The fourth-order valence-corrected chi connectivity index (χ4v) is 4.78. The van der Waals surface area contributed by atoms with Crippen molar-refractivity contribution in [2.45, 2.75) is 43.8 Å². The van der Waals surface area contributed by atoms with Gasteiger partial charge in [0.25, 0.3) is 0 Å². The van der Waals surface area contributed by atoms with E-state index in [0.29, 0.717) is 6.07 Å². The highest BCUT2D eigenvalue weighted by Crippen LogP contribution is 2.61. The fraction of sp³-hybridized carbons (Fsp3) is 0.500. The number of aliphatic hydroxyl groups is 1. The monoisotopic (exact) mass is 380 g/mol. The summed E-state index contributed by atoms with van der Waals surface area (Å²) in [6.45, 7) is 3.17. The third-order valence-corrected chi connectivity index (χ3v) is 5.98. The summed E-state index contributed by atoms with van der Waals surface area (Å²) in [6, 6.07) is 4.19. The van der Waals surface area contributed by atoms with E-state index < -0.39 is 58.3 Å².